The Morgan fingerprint density at radius 2 is 1.96 bits per heavy atom. The van der Waals surface area contributed by atoms with E-state index in [1.165, 1.54) is 0 Å². The first-order valence-electron chi connectivity index (χ1n) is 8.42. The topological polar surface area (TPSA) is 97.5 Å². The lowest BCUT2D eigenvalue weighted by molar-refractivity contribution is 0.0165. The standard InChI is InChI=1S/C16H24N4O4/c1-16(2,3)24-15(23)19-8-4-5-11(9-19)20-13(10-6-7-10)12(14(21)22)17-18-20/h10-11H,4-9H2,1-3H3,(H,21,22)/t11-/m1/s1. The number of carbonyl (C=O) groups excluding carboxylic acids is 1. The SMILES string of the molecule is CC(C)(C)OC(=O)N1CCC[C@@H](n2nnc(C(=O)O)c2C2CC2)C1. The van der Waals surface area contributed by atoms with Crippen molar-refractivity contribution < 1.29 is 19.4 Å². The third-order valence-electron chi connectivity index (χ3n) is 4.29. The molecule has 1 aliphatic heterocycles. The summed E-state index contributed by atoms with van der Waals surface area (Å²) in [7, 11) is 0. The summed E-state index contributed by atoms with van der Waals surface area (Å²) in [6.07, 6.45) is 3.28. The van der Waals surface area contributed by atoms with Gasteiger partial charge in [-0.2, -0.15) is 0 Å². The highest BCUT2D eigenvalue weighted by Gasteiger charge is 2.37. The first-order valence-corrected chi connectivity index (χ1v) is 8.42. The second-order valence-corrected chi connectivity index (χ2v) is 7.57. The molecule has 1 saturated carbocycles. The van der Waals surface area contributed by atoms with Crippen molar-refractivity contribution in [3.63, 3.8) is 0 Å². The minimum atomic E-state index is -1.04. The van der Waals surface area contributed by atoms with E-state index in [9.17, 15) is 14.7 Å². The first kappa shape index (κ1) is 16.7. The van der Waals surface area contributed by atoms with Crippen molar-refractivity contribution in [1.82, 2.24) is 19.9 Å². The zero-order valence-electron chi connectivity index (χ0n) is 14.4. The Hall–Kier alpha value is -2.12. The third-order valence-corrected chi connectivity index (χ3v) is 4.29. The van der Waals surface area contributed by atoms with Gasteiger partial charge in [0.2, 0.25) is 0 Å². The van der Waals surface area contributed by atoms with Crippen molar-refractivity contribution in [3.05, 3.63) is 11.4 Å². The molecule has 0 spiro atoms. The molecule has 0 bridgehead atoms. The Labute approximate surface area is 140 Å². The van der Waals surface area contributed by atoms with Crippen LogP contribution in [0.2, 0.25) is 0 Å². The molecule has 2 heterocycles. The van der Waals surface area contributed by atoms with E-state index < -0.39 is 11.6 Å². The number of nitrogens with zero attached hydrogens (tertiary/aromatic N) is 4. The van der Waals surface area contributed by atoms with Gasteiger partial charge >= 0.3 is 12.1 Å². The fourth-order valence-electron chi connectivity index (χ4n) is 3.11. The minimum absolute atomic E-state index is 0.0480. The molecule has 0 radical (unpaired) electrons. The molecule has 1 N–H and O–H groups in total. The zero-order chi connectivity index (χ0) is 17.5. The van der Waals surface area contributed by atoms with Crippen molar-refractivity contribution >= 4 is 12.1 Å². The number of hydrogen-bond donors (Lipinski definition) is 1. The van der Waals surface area contributed by atoms with Crippen LogP contribution in [0.25, 0.3) is 0 Å². The van der Waals surface area contributed by atoms with Crippen LogP contribution in [0.5, 0.6) is 0 Å². The summed E-state index contributed by atoms with van der Waals surface area (Å²) in [4.78, 5) is 25.4. The molecule has 1 aromatic rings. The van der Waals surface area contributed by atoms with Gasteiger partial charge in [-0.15, -0.1) is 5.10 Å². The highest BCUT2D eigenvalue weighted by atomic mass is 16.6. The predicted octanol–water partition coefficient (Wildman–Crippen LogP) is 2.43. The monoisotopic (exact) mass is 336 g/mol. The summed E-state index contributed by atoms with van der Waals surface area (Å²) in [5.74, 6) is -0.814. The van der Waals surface area contributed by atoms with Crippen molar-refractivity contribution in [2.24, 2.45) is 0 Å². The molecule has 2 fully saturated rings. The molecule has 1 atom stereocenters. The number of carboxylic acid groups (broad SMARTS) is 1. The van der Waals surface area contributed by atoms with Crippen LogP contribution >= 0.6 is 0 Å². The van der Waals surface area contributed by atoms with E-state index in [1.54, 1.807) is 9.58 Å². The Balaban J connectivity index is 1.78. The van der Waals surface area contributed by atoms with Crippen LogP contribution in [0.15, 0.2) is 0 Å². The molecule has 24 heavy (non-hydrogen) atoms. The molecule has 8 nitrogen and oxygen atoms in total. The van der Waals surface area contributed by atoms with E-state index in [4.69, 9.17) is 4.74 Å². The molecule has 8 heteroatoms. The fourth-order valence-corrected chi connectivity index (χ4v) is 3.11. The summed E-state index contributed by atoms with van der Waals surface area (Å²) in [5, 5.41) is 17.3. The normalized spacial score (nSPS) is 21.6. The van der Waals surface area contributed by atoms with Crippen LogP contribution in [0.3, 0.4) is 0 Å². The maximum Gasteiger partial charge on any atom is 0.410 e. The van der Waals surface area contributed by atoms with Gasteiger partial charge in [0, 0.05) is 19.0 Å². The molecular formula is C16H24N4O4. The predicted molar refractivity (Wildman–Crippen MR) is 85.0 cm³/mol. The Morgan fingerprint density at radius 3 is 2.54 bits per heavy atom. The summed E-state index contributed by atoms with van der Waals surface area (Å²) < 4.78 is 7.18. The van der Waals surface area contributed by atoms with Crippen LogP contribution in [0, 0.1) is 0 Å². The van der Waals surface area contributed by atoms with Gasteiger partial charge in [0.05, 0.1) is 11.7 Å². The number of likely N-dealkylation sites (tertiary alicyclic amines) is 1. The zero-order valence-corrected chi connectivity index (χ0v) is 14.4. The van der Waals surface area contributed by atoms with Gasteiger partial charge in [-0.3, -0.25) is 0 Å². The molecule has 3 rings (SSSR count). The lowest BCUT2D eigenvalue weighted by Gasteiger charge is -2.34. The molecule has 132 valence electrons. The van der Waals surface area contributed by atoms with Crippen LogP contribution in [-0.2, 0) is 4.74 Å². The number of amides is 1. The highest BCUT2D eigenvalue weighted by Crippen LogP contribution is 2.42. The number of hydrogen-bond acceptors (Lipinski definition) is 5. The summed E-state index contributed by atoms with van der Waals surface area (Å²) >= 11 is 0. The number of ether oxygens (including phenoxy) is 1. The van der Waals surface area contributed by atoms with E-state index in [0.717, 1.165) is 25.7 Å². The smallest absolute Gasteiger partial charge is 0.410 e. The molecule has 1 amide bonds. The van der Waals surface area contributed by atoms with Crippen LogP contribution in [0.1, 0.15) is 74.6 Å². The summed E-state index contributed by atoms with van der Waals surface area (Å²) in [5.41, 5.74) is 0.220. The largest absolute Gasteiger partial charge is 0.476 e. The van der Waals surface area contributed by atoms with Gasteiger partial charge in [0.1, 0.15) is 5.60 Å². The van der Waals surface area contributed by atoms with Crippen molar-refractivity contribution in [3.8, 4) is 0 Å². The average molecular weight is 336 g/mol. The Morgan fingerprint density at radius 1 is 1.25 bits per heavy atom. The molecule has 2 aliphatic rings. The van der Waals surface area contributed by atoms with Crippen LogP contribution in [-0.4, -0.2) is 55.8 Å². The molecular weight excluding hydrogens is 312 g/mol. The van der Waals surface area contributed by atoms with Crippen molar-refractivity contribution in [2.45, 2.75) is 64.0 Å². The number of carbonyl (C=O) groups is 2. The summed E-state index contributed by atoms with van der Waals surface area (Å²) in [6.45, 7) is 6.64. The van der Waals surface area contributed by atoms with Crippen molar-refractivity contribution in [1.29, 1.82) is 0 Å². The van der Waals surface area contributed by atoms with Gasteiger partial charge < -0.3 is 14.7 Å². The number of piperidine rings is 1. The quantitative estimate of drug-likeness (QED) is 0.910. The highest BCUT2D eigenvalue weighted by molar-refractivity contribution is 5.86. The molecule has 1 aliphatic carbocycles. The van der Waals surface area contributed by atoms with Gasteiger partial charge in [-0.1, -0.05) is 5.21 Å². The van der Waals surface area contributed by atoms with Gasteiger partial charge in [0.25, 0.3) is 0 Å². The molecule has 1 aromatic heterocycles. The number of rotatable bonds is 3. The van der Waals surface area contributed by atoms with Gasteiger partial charge in [-0.05, 0) is 46.5 Å². The number of carboxylic acids is 1. The lowest BCUT2D eigenvalue weighted by atomic mass is 10.1. The van der Waals surface area contributed by atoms with Gasteiger partial charge in [0.15, 0.2) is 5.69 Å². The maximum atomic E-state index is 12.3. The number of aromatic carboxylic acids is 1. The van der Waals surface area contributed by atoms with E-state index in [0.29, 0.717) is 18.8 Å². The molecule has 1 saturated heterocycles. The van der Waals surface area contributed by atoms with Crippen LogP contribution in [0.4, 0.5) is 4.79 Å². The Bertz CT molecular complexity index is 645. The first-order chi connectivity index (χ1) is 11.3. The number of aromatic nitrogens is 3. The van der Waals surface area contributed by atoms with E-state index >= 15 is 0 Å². The fraction of sp³-hybridized carbons (Fsp3) is 0.750. The Kier molecular flexibility index (Phi) is 4.23. The maximum absolute atomic E-state index is 12.3. The summed E-state index contributed by atoms with van der Waals surface area (Å²) in [6, 6.07) is -0.0533. The second kappa shape index (κ2) is 6.07. The molecule has 0 aromatic carbocycles. The second-order valence-electron chi connectivity index (χ2n) is 7.57. The average Bonchev–Trinajstić information content (AvgIpc) is 3.23. The van der Waals surface area contributed by atoms with Gasteiger partial charge in [-0.25, -0.2) is 14.3 Å². The van der Waals surface area contributed by atoms with E-state index in [2.05, 4.69) is 10.3 Å². The van der Waals surface area contributed by atoms with Crippen LogP contribution < -0.4 is 0 Å². The van der Waals surface area contributed by atoms with Crippen molar-refractivity contribution in [2.75, 3.05) is 13.1 Å². The molecule has 0 unspecified atom stereocenters. The van der Waals surface area contributed by atoms with E-state index in [1.807, 2.05) is 20.8 Å². The lowest BCUT2D eigenvalue weighted by Crippen LogP contribution is -2.43. The third kappa shape index (κ3) is 3.52. The minimum Gasteiger partial charge on any atom is -0.476 e. The van der Waals surface area contributed by atoms with E-state index in [-0.39, 0.29) is 23.7 Å².